The summed E-state index contributed by atoms with van der Waals surface area (Å²) in [6.07, 6.45) is 2.80. The molecule has 2 aromatic rings. The molecule has 0 aromatic carbocycles. The SMILES string of the molecule is COC(=O)c1cc(CN(C)C(=O)c2nccnc2N)oc1C. The zero-order valence-electron chi connectivity index (χ0n) is 12.5. The number of amides is 1. The van der Waals surface area contributed by atoms with E-state index in [0.29, 0.717) is 17.1 Å². The molecule has 2 rings (SSSR count). The van der Waals surface area contributed by atoms with Crippen LogP contribution < -0.4 is 5.73 Å². The van der Waals surface area contributed by atoms with Gasteiger partial charge < -0.3 is 19.8 Å². The number of furan rings is 1. The van der Waals surface area contributed by atoms with Crippen molar-refractivity contribution in [3.05, 3.63) is 41.2 Å². The van der Waals surface area contributed by atoms with Crippen LogP contribution in [0.25, 0.3) is 0 Å². The summed E-state index contributed by atoms with van der Waals surface area (Å²) in [5.74, 6) is 0.0714. The van der Waals surface area contributed by atoms with Crippen molar-refractivity contribution < 1.29 is 18.7 Å². The van der Waals surface area contributed by atoms with E-state index in [2.05, 4.69) is 14.7 Å². The number of methoxy groups -OCH3 is 1. The van der Waals surface area contributed by atoms with Gasteiger partial charge in [0.25, 0.3) is 5.91 Å². The number of carbonyl (C=O) groups excluding carboxylic acids is 2. The molecular formula is C14H16N4O4. The number of carbonyl (C=O) groups is 2. The fraction of sp³-hybridized carbons (Fsp3) is 0.286. The van der Waals surface area contributed by atoms with Gasteiger partial charge in [0.15, 0.2) is 11.5 Å². The number of aryl methyl sites for hydroxylation is 1. The smallest absolute Gasteiger partial charge is 0.341 e. The summed E-state index contributed by atoms with van der Waals surface area (Å²) >= 11 is 0. The van der Waals surface area contributed by atoms with Gasteiger partial charge in [0, 0.05) is 19.4 Å². The second-order valence-corrected chi connectivity index (χ2v) is 4.63. The Kier molecular flexibility index (Phi) is 4.40. The maximum Gasteiger partial charge on any atom is 0.341 e. The number of aromatic nitrogens is 2. The average molecular weight is 304 g/mol. The van der Waals surface area contributed by atoms with Gasteiger partial charge in [-0.15, -0.1) is 0 Å². The second kappa shape index (κ2) is 6.25. The Morgan fingerprint density at radius 3 is 2.68 bits per heavy atom. The van der Waals surface area contributed by atoms with E-state index in [1.54, 1.807) is 20.0 Å². The van der Waals surface area contributed by atoms with Crippen molar-refractivity contribution in [1.29, 1.82) is 0 Å². The molecular weight excluding hydrogens is 288 g/mol. The number of esters is 1. The third-order valence-electron chi connectivity index (χ3n) is 3.04. The molecule has 2 heterocycles. The van der Waals surface area contributed by atoms with Gasteiger partial charge in [-0.3, -0.25) is 4.79 Å². The monoisotopic (exact) mass is 304 g/mol. The molecule has 0 bridgehead atoms. The maximum absolute atomic E-state index is 12.3. The number of anilines is 1. The Morgan fingerprint density at radius 2 is 2.05 bits per heavy atom. The van der Waals surface area contributed by atoms with Gasteiger partial charge in [-0.25, -0.2) is 14.8 Å². The molecule has 0 saturated heterocycles. The van der Waals surface area contributed by atoms with Crippen LogP contribution in [0.5, 0.6) is 0 Å². The first-order valence-electron chi connectivity index (χ1n) is 6.43. The van der Waals surface area contributed by atoms with Crippen LogP contribution in [-0.4, -0.2) is 40.9 Å². The second-order valence-electron chi connectivity index (χ2n) is 4.63. The van der Waals surface area contributed by atoms with Gasteiger partial charge in [0.1, 0.15) is 17.1 Å². The van der Waals surface area contributed by atoms with Crippen LogP contribution in [0.4, 0.5) is 5.82 Å². The lowest BCUT2D eigenvalue weighted by Gasteiger charge is -2.15. The van der Waals surface area contributed by atoms with Crippen LogP contribution in [0.15, 0.2) is 22.9 Å². The molecule has 0 spiro atoms. The van der Waals surface area contributed by atoms with Crippen molar-refractivity contribution in [2.75, 3.05) is 19.9 Å². The first-order valence-corrected chi connectivity index (χ1v) is 6.43. The van der Waals surface area contributed by atoms with E-state index in [9.17, 15) is 9.59 Å². The highest BCUT2D eigenvalue weighted by atomic mass is 16.5. The first kappa shape index (κ1) is 15.5. The van der Waals surface area contributed by atoms with E-state index in [-0.39, 0.29) is 24.0 Å². The lowest BCUT2D eigenvalue weighted by atomic mass is 10.2. The van der Waals surface area contributed by atoms with Crippen LogP contribution in [0.2, 0.25) is 0 Å². The molecule has 0 atom stereocenters. The van der Waals surface area contributed by atoms with Gasteiger partial charge in [-0.1, -0.05) is 0 Å². The number of hydrogen-bond donors (Lipinski definition) is 1. The molecule has 2 aromatic heterocycles. The Bertz CT molecular complexity index is 711. The highest BCUT2D eigenvalue weighted by Gasteiger charge is 2.20. The molecule has 1 amide bonds. The fourth-order valence-electron chi connectivity index (χ4n) is 1.93. The molecule has 0 aliphatic rings. The van der Waals surface area contributed by atoms with Crippen molar-refractivity contribution in [2.24, 2.45) is 0 Å². The average Bonchev–Trinajstić information content (AvgIpc) is 2.86. The minimum Gasteiger partial charge on any atom is -0.465 e. The summed E-state index contributed by atoms with van der Waals surface area (Å²) in [6.45, 7) is 1.81. The zero-order chi connectivity index (χ0) is 16.3. The van der Waals surface area contributed by atoms with E-state index in [4.69, 9.17) is 10.2 Å². The normalized spacial score (nSPS) is 10.3. The Labute approximate surface area is 126 Å². The first-order chi connectivity index (χ1) is 10.4. The number of ether oxygens (including phenoxy) is 1. The predicted octanol–water partition coefficient (Wildman–Crippen LogP) is 1.02. The van der Waals surface area contributed by atoms with Crippen LogP contribution in [0.1, 0.15) is 32.4 Å². The summed E-state index contributed by atoms with van der Waals surface area (Å²) < 4.78 is 10.1. The topological polar surface area (TPSA) is 112 Å². The molecule has 2 N–H and O–H groups in total. The molecule has 8 nitrogen and oxygen atoms in total. The van der Waals surface area contributed by atoms with Crippen LogP contribution in [0, 0.1) is 6.92 Å². The van der Waals surface area contributed by atoms with E-state index >= 15 is 0 Å². The third-order valence-corrected chi connectivity index (χ3v) is 3.04. The molecule has 0 unspecified atom stereocenters. The van der Waals surface area contributed by atoms with Crippen LogP contribution in [0.3, 0.4) is 0 Å². The molecule has 0 fully saturated rings. The number of nitrogen functional groups attached to an aromatic ring is 1. The van der Waals surface area contributed by atoms with E-state index in [0.717, 1.165) is 0 Å². The van der Waals surface area contributed by atoms with Gasteiger partial charge >= 0.3 is 5.97 Å². The molecule has 8 heteroatoms. The van der Waals surface area contributed by atoms with Gasteiger partial charge in [-0.05, 0) is 13.0 Å². The van der Waals surface area contributed by atoms with Gasteiger partial charge in [-0.2, -0.15) is 0 Å². The van der Waals surface area contributed by atoms with Gasteiger partial charge in [0.2, 0.25) is 0 Å². The number of nitrogens with two attached hydrogens (primary N) is 1. The van der Waals surface area contributed by atoms with Crippen LogP contribution in [-0.2, 0) is 11.3 Å². The third kappa shape index (κ3) is 3.05. The largest absolute Gasteiger partial charge is 0.465 e. The predicted molar refractivity (Wildman–Crippen MR) is 77.0 cm³/mol. The van der Waals surface area contributed by atoms with E-state index < -0.39 is 5.97 Å². The number of hydrogen-bond acceptors (Lipinski definition) is 7. The van der Waals surface area contributed by atoms with Crippen LogP contribution >= 0.6 is 0 Å². The van der Waals surface area contributed by atoms with Crippen molar-refractivity contribution in [2.45, 2.75) is 13.5 Å². The Hall–Kier alpha value is -2.90. The fourth-order valence-corrected chi connectivity index (χ4v) is 1.93. The number of nitrogens with zero attached hydrogens (tertiary/aromatic N) is 3. The Morgan fingerprint density at radius 1 is 1.36 bits per heavy atom. The minimum atomic E-state index is -0.486. The van der Waals surface area contributed by atoms with Crippen molar-refractivity contribution in [3.8, 4) is 0 Å². The molecule has 0 saturated carbocycles. The summed E-state index contributed by atoms with van der Waals surface area (Å²) in [6, 6.07) is 1.55. The minimum absolute atomic E-state index is 0.0604. The summed E-state index contributed by atoms with van der Waals surface area (Å²) in [5, 5.41) is 0. The zero-order valence-corrected chi connectivity index (χ0v) is 12.5. The highest BCUT2D eigenvalue weighted by Crippen LogP contribution is 2.18. The standard InChI is InChI=1S/C14H16N4O4/c1-8-10(14(20)21-3)6-9(22-8)7-18(2)13(19)11-12(15)17-5-4-16-11/h4-6H,7H2,1-3H3,(H2,15,17). The number of rotatable bonds is 4. The van der Waals surface area contributed by atoms with Gasteiger partial charge in [0.05, 0.1) is 13.7 Å². The molecule has 0 aliphatic carbocycles. The molecule has 22 heavy (non-hydrogen) atoms. The molecule has 116 valence electrons. The summed E-state index contributed by atoms with van der Waals surface area (Å²) in [7, 11) is 2.87. The highest BCUT2D eigenvalue weighted by molar-refractivity contribution is 5.96. The summed E-state index contributed by atoms with van der Waals surface area (Å²) in [5.41, 5.74) is 6.03. The molecule has 0 aliphatic heterocycles. The van der Waals surface area contributed by atoms with E-state index in [1.165, 1.54) is 24.4 Å². The summed E-state index contributed by atoms with van der Waals surface area (Å²) in [4.78, 5) is 32.9. The maximum atomic E-state index is 12.3. The lowest BCUT2D eigenvalue weighted by Crippen LogP contribution is -2.28. The van der Waals surface area contributed by atoms with Crippen molar-refractivity contribution >= 4 is 17.7 Å². The quantitative estimate of drug-likeness (QED) is 0.839. The van der Waals surface area contributed by atoms with E-state index in [1.807, 2.05) is 0 Å². The van der Waals surface area contributed by atoms with Crippen molar-refractivity contribution in [1.82, 2.24) is 14.9 Å². The molecule has 0 radical (unpaired) electrons. The Balaban J connectivity index is 2.15. The van der Waals surface area contributed by atoms with Crippen molar-refractivity contribution in [3.63, 3.8) is 0 Å². The lowest BCUT2D eigenvalue weighted by molar-refractivity contribution is 0.0598.